The predicted octanol–water partition coefficient (Wildman–Crippen LogP) is 9.25. The molecule has 0 N–H and O–H groups in total. The van der Waals surface area contributed by atoms with Crippen molar-refractivity contribution in [1.29, 1.82) is 0 Å². The lowest BCUT2D eigenvalue weighted by Gasteiger charge is -2.37. The molecule has 0 amide bonds. The van der Waals surface area contributed by atoms with Gasteiger partial charge in [-0.15, -0.1) is 0 Å². The van der Waals surface area contributed by atoms with Crippen LogP contribution in [0.15, 0.2) is 139 Å². The van der Waals surface area contributed by atoms with E-state index in [-0.39, 0.29) is 11.6 Å². The van der Waals surface area contributed by atoms with Gasteiger partial charge in [-0.25, -0.2) is 9.37 Å². The van der Waals surface area contributed by atoms with Crippen LogP contribution in [0, 0.1) is 17.7 Å². The van der Waals surface area contributed by atoms with Crippen LogP contribution in [0.3, 0.4) is 0 Å². The number of aromatic nitrogens is 2. The van der Waals surface area contributed by atoms with Crippen LogP contribution >= 0.6 is 0 Å². The molecule has 1 saturated carbocycles. The minimum absolute atomic E-state index is 0.0199. The van der Waals surface area contributed by atoms with E-state index >= 15 is 4.39 Å². The number of rotatable bonds is 8. The van der Waals surface area contributed by atoms with Gasteiger partial charge in [0, 0.05) is 17.3 Å². The fraction of sp³-hybridized carbons (Fsp3) is 0.200. The van der Waals surface area contributed by atoms with Gasteiger partial charge in [-0.2, -0.15) is 0 Å². The van der Waals surface area contributed by atoms with E-state index in [0.29, 0.717) is 28.7 Å². The monoisotopic (exact) mass is 578 g/mol. The van der Waals surface area contributed by atoms with Gasteiger partial charge in [-0.1, -0.05) is 109 Å². The first kappa shape index (κ1) is 28.0. The highest BCUT2D eigenvalue weighted by Crippen LogP contribution is 2.42. The quantitative estimate of drug-likeness (QED) is 0.136. The molecule has 0 radical (unpaired) electrons. The maximum Gasteiger partial charge on any atom is 0.181 e. The summed E-state index contributed by atoms with van der Waals surface area (Å²) in [6.07, 6.45) is 14.6. The number of nitrogens with zero attached hydrogens (tertiary/aromatic N) is 2. The van der Waals surface area contributed by atoms with Crippen LogP contribution in [0.25, 0.3) is 17.3 Å². The van der Waals surface area contributed by atoms with E-state index in [1.807, 2.05) is 36.8 Å². The molecule has 2 aliphatic carbocycles. The minimum Gasteiger partial charge on any atom is -0.318 e. The third kappa shape index (κ3) is 5.15. The number of halogens is 1. The highest BCUT2D eigenvalue weighted by atomic mass is 19.1. The number of carbonyl (C=O) groups excluding carboxylic acids is 1. The molecule has 3 nitrogen and oxygen atoms in total. The summed E-state index contributed by atoms with van der Waals surface area (Å²) >= 11 is 0. The van der Waals surface area contributed by atoms with Crippen molar-refractivity contribution in [2.24, 2.45) is 11.8 Å². The Balaban J connectivity index is 1.31. The summed E-state index contributed by atoms with van der Waals surface area (Å²) in [6, 6.07) is 36.2. The van der Waals surface area contributed by atoms with Crippen LogP contribution in [-0.4, -0.2) is 15.3 Å². The summed E-state index contributed by atoms with van der Waals surface area (Å²) < 4.78 is 17.6. The summed E-state index contributed by atoms with van der Waals surface area (Å²) in [7, 11) is 0. The first-order chi connectivity index (χ1) is 21.6. The van der Waals surface area contributed by atoms with Crippen LogP contribution in [0.2, 0.25) is 0 Å². The maximum atomic E-state index is 15.4. The van der Waals surface area contributed by atoms with E-state index in [1.165, 1.54) is 25.3 Å². The Bertz CT molecular complexity index is 1720. The van der Waals surface area contributed by atoms with Gasteiger partial charge in [0.25, 0.3) is 0 Å². The lowest BCUT2D eigenvalue weighted by molar-refractivity contribution is -0.111. The fourth-order valence-corrected chi connectivity index (χ4v) is 7.31. The average molecular weight is 579 g/mol. The molecule has 1 fully saturated rings. The Morgan fingerprint density at radius 3 is 2.05 bits per heavy atom. The summed E-state index contributed by atoms with van der Waals surface area (Å²) in [5, 5.41) is 0. The second-order valence-electron chi connectivity index (χ2n) is 12.1. The topological polar surface area (TPSA) is 34.9 Å². The molecule has 5 aromatic rings. The third-order valence-electron chi connectivity index (χ3n) is 9.45. The minimum atomic E-state index is -0.723. The molecule has 1 heterocycles. The molecule has 2 unspecified atom stereocenters. The standard InChI is InChI=1S/C40H35FN2O/c41-37-18-10-17-36(35(37)23-24-39(44)31-22-21-29-19-20-30(25-29)26-31)38-27-43(28-42-38)40(32-11-4-1-5-12-32,33-13-6-2-7-14-33)34-15-8-3-9-16-34/h1-18,22-24,27-30H,19-21,25-26H2/b24-23+. The number of ketones is 1. The zero-order valence-electron chi connectivity index (χ0n) is 24.6. The third-order valence-corrected chi connectivity index (χ3v) is 9.45. The largest absolute Gasteiger partial charge is 0.318 e. The van der Waals surface area contributed by atoms with Gasteiger partial charge in [-0.3, -0.25) is 4.79 Å². The van der Waals surface area contributed by atoms with E-state index in [1.54, 1.807) is 18.2 Å². The molecule has 0 aliphatic heterocycles. The number of carbonyl (C=O) groups is 1. The Kier molecular flexibility index (Phi) is 7.66. The van der Waals surface area contributed by atoms with Crippen LogP contribution in [0.1, 0.15) is 54.4 Å². The van der Waals surface area contributed by atoms with Crippen LogP contribution in [0.4, 0.5) is 4.39 Å². The second kappa shape index (κ2) is 12.0. The van der Waals surface area contributed by atoms with E-state index in [0.717, 1.165) is 35.1 Å². The second-order valence-corrected chi connectivity index (χ2v) is 12.1. The van der Waals surface area contributed by atoms with Crippen LogP contribution in [-0.2, 0) is 10.3 Å². The number of imidazole rings is 1. The Labute approximate surface area is 258 Å². The van der Waals surface area contributed by atoms with Gasteiger partial charge in [-0.05, 0) is 84.4 Å². The summed E-state index contributed by atoms with van der Waals surface area (Å²) in [5.74, 6) is 0.902. The number of benzene rings is 4. The number of hydrogen-bond acceptors (Lipinski definition) is 2. The average Bonchev–Trinajstić information content (AvgIpc) is 3.68. The van der Waals surface area contributed by atoms with Crippen molar-refractivity contribution in [3.63, 3.8) is 0 Å². The Morgan fingerprint density at radius 2 is 1.41 bits per heavy atom. The molecular formula is C40H35FN2O. The van der Waals surface area contributed by atoms with Crippen molar-refractivity contribution in [1.82, 2.24) is 9.55 Å². The molecule has 218 valence electrons. The SMILES string of the molecule is O=C(/C=C/c1c(F)cccc1-c1cn(C(c2ccccc2)(c2ccccc2)c2ccccc2)cn1)C1=CCC2CCC(C1)C2. The molecule has 2 aliphatic rings. The molecule has 0 spiro atoms. The normalized spacial score (nSPS) is 18.2. The van der Waals surface area contributed by atoms with Crippen LogP contribution < -0.4 is 0 Å². The first-order valence-corrected chi connectivity index (χ1v) is 15.5. The van der Waals surface area contributed by atoms with Gasteiger partial charge in [0.1, 0.15) is 11.4 Å². The van der Waals surface area contributed by atoms with Gasteiger partial charge in [0.05, 0.1) is 12.0 Å². The molecule has 4 heteroatoms. The van der Waals surface area contributed by atoms with E-state index < -0.39 is 5.54 Å². The molecule has 2 bridgehead atoms. The molecule has 4 aromatic carbocycles. The zero-order valence-corrected chi connectivity index (χ0v) is 24.6. The van der Waals surface area contributed by atoms with Crippen molar-refractivity contribution in [2.75, 3.05) is 0 Å². The van der Waals surface area contributed by atoms with Crippen molar-refractivity contribution in [3.05, 3.63) is 168 Å². The fourth-order valence-electron chi connectivity index (χ4n) is 7.31. The summed E-state index contributed by atoms with van der Waals surface area (Å²) in [5.41, 5.74) is 5.03. The molecule has 0 saturated heterocycles. The van der Waals surface area contributed by atoms with Crippen molar-refractivity contribution in [3.8, 4) is 11.3 Å². The van der Waals surface area contributed by atoms with Crippen molar-refractivity contribution < 1.29 is 9.18 Å². The molecule has 2 atom stereocenters. The lowest BCUT2D eigenvalue weighted by Crippen LogP contribution is -2.36. The smallest absolute Gasteiger partial charge is 0.181 e. The Hall–Kier alpha value is -4.83. The van der Waals surface area contributed by atoms with Gasteiger partial charge < -0.3 is 4.57 Å². The highest BCUT2D eigenvalue weighted by molar-refractivity contribution is 6.06. The summed E-state index contributed by atoms with van der Waals surface area (Å²) in [4.78, 5) is 18.1. The predicted molar refractivity (Wildman–Crippen MR) is 174 cm³/mol. The molecule has 7 rings (SSSR count). The first-order valence-electron chi connectivity index (χ1n) is 15.5. The maximum absolute atomic E-state index is 15.4. The molecule has 1 aromatic heterocycles. The molecular weight excluding hydrogens is 543 g/mol. The number of hydrogen-bond donors (Lipinski definition) is 0. The number of allylic oxidation sites excluding steroid dienone is 3. The zero-order chi connectivity index (χ0) is 29.9. The van der Waals surface area contributed by atoms with Gasteiger partial charge in [0.2, 0.25) is 0 Å². The summed E-state index contributed by atoms with van der Waals surface area (Å²) in [6.45, 7) is 0. The van der Waals surface area contributed by atoms with E-state index in [4.69, 9.17) is 4.98 Å². The van der Waals surface area contributed by atoms with Crippen LogP contribution in [0.5, 0.6) is 0 Å². The highest BCUT2D eigenvalue weighted by Gasteiger charge is 2.38. The van der Waals surface area contributed by atoms with Gasteiger partial charge in [0.15, 0.2) is 5.78 Å². The van der Waals surface area contributed by atoms with E-state index in [2.05, 4.69) is 83.4 Å². The van der Waals surface area contributed by atoms with Crippen molar-refractivity contribution in [2.45, 2.75) is 37.6 Å². The lowest BCUT2D eigenvalue weighted by atomic mass is 9.77. The van der Waals surface area contributed by atoms with E-state index in [9.17, 15) is 4.79 Å². The van der Waals surface area contributed by atoms with Gasteiger partial charge >= 0.3 is 0 Å². The Morgan fingerprint density at radius 1 is 0.795 bits per heavy atom. The van der Waals surface area contributed by atoms with Crippen molar-refractivity contribution >= 4 is 11.9 Å². The number of fused-ring (bicyclic) bond motifs is 2. The molecule has 44 heavy (non-hydrogen) atoms.